The standard InChI is InChI=1S/C32H30O4/c1-3-4-7-14-24-21-27(33)28(23-15-12-13-22(2)20-23)30-29(24)31(34)36-32(35-30,25-16-8-5-9-17-25)26-18-10-6-11-19-26/h5-6,8-13,15-21,33H,3-4,7,14H2,1-2H3. The molecule has 0 spiro atoms. The first-order valence-corrected chi connectivity index (χ1v) is 12.5. The molecule has 4 nitrogen and oxygen atoms in total. The van der Waals surface area contributed by atoms with Gasteiger partial charge >= 0.3 is 11.8 Å². The number of rotatable bonds is 7. The van der Waals surface area contributed by atoms with Gasteiger partial charge in [-0.2, -0.15) is 0 Å². The van der Waals surface area contributed by atoms with Crippen molar-refractivity contribution in [1.82, 2.24) is 0 Å². The molecule has 0 amide bonds. The molecule has 0 unspecified atom stereocenters. The second-order valence-corrected chi connectivity index (χ2v) is 9.30. The van der Waals surface area contributed by atoms with Gasteiger partial charge in [-0.1, -0.05) is 110 Å². The Bertz CT molecular complexity index is 1340. The Morgan fingerprint density at radius 3 is 2.06 bits per heavy atom. The van der Waals surface area contributed by atoms with Crippen LogP contribution in [0.3, 0.4) is 0 Å². The van der Waals surface area contributed by atoms with Crippen LogP contribution >= 0.6 is 0 Å². The van der Waals surface area contributed by atoms with Gasteiger partial charge in [-0.25, -0.2) is 4.79 Å². The summed E-state index contributed by atoms with van der Waals surface area (Å²) >= 11 is 0. The molecule has 4 aromatic carbocycles. The number of unbranched alkanes of at least 4 members (excludes halogenated alkanes) is 2. The molecule has 0 bridgehead atoms. The summed E-state index contributed by atoms with van der Waals surface area (Å²) in [6, 6.07) is 28.5. The highest BCUT2D eigenvalue weighted by molar-refractivity contribution is 6.00. The van der Waals surface area contributed by atoms with Gasteiger partial charge in [-0.05, 0) is 37.0 Å². The van der Waals surface area contributed by atoms with Crippen molar-refractivity contribution in [2.24, 2.45) is 0 Å². The van der Waals surface area contributed by atoms with Crippen LogP contribution in [0.2, 0.25) is 0 Å². The maximum Gasteiger partial charge on any atom is 0.346 e. The van der Waals surface area contributed by atoms with Crippen LogP contribution in [0.4, 0.5) is 0 Å². The van der Waals surface area contributed by atoms with Crippen molar-refractivity contribution in [3.05, 3.63) is 119 Å². The summed E-state index contributed by atoms with van der Waals surface area (Å²) < 4.78 is 13.0. The fourth-order valence-electron chi connectivity index (χ4n) is 4.93. The van der Waals surface area contributed by atoms with E-state index in [-0.39, 0.29) is 5.75 Å². The third-order valence-electron chi connectivity index (χ3n) is 6.69. The van der Waals surface area contributed by atoms with Crippen molar-refractivity contribution in [2.45, 2.75) is 45.3 Å². The molecule has 4 heteroatoms. The van der Waals surface area contributed by atoms with Gasteiger partial charge in [0.25, 0.3) is 0 Å². The maximum atomic E-state index is 13.9. The number of hydrogen-bond donors (Lipinski definition) is 1. The van der Waals surface area contributed by atoms with Crippen LogP contribution in [0.15, 0.2) is 91.0 Å². The van der Waals surface area contributed by atoms with Gasteiger partial charge in [-0.3, -0.25) is 0 Å². The molecule has 4 aromatic rings. The van der Waals surface area contributed by atoms with E-state index in [4.69, 9.17) is 9.47 Å². The molecule has 1 aliphatic rings. The third kappa shape index (κ3) is 4.24. The molecule has 0 radical (unpaired) electrons. The van der Waals surface area contributed by atoms with Gasteiger partial charge in [-0.15, -0.1) is 0 Å². The fourth-order valence-corrected chi connectivity index (χ4v) is 4.93. The number of phenolic OH excluding ortho intramolecular Hbond substituents is 1. The van der Waals surface area contributed by atoms with Crippen molar-refractivity contribution < 1.29 is 19.4 Å². The molecule has 36 heavy (non-hydrogen) atoms. The number of aryl methyl sites for hydroxylation is 2. The fraction of sp³-hybridized carbons (Fsp3) is 0.219. The lowest BCUT2D eigenvalue weighted by Crippen LogP contribution is -2.43. The molecule has 5 rings (SSSR count). The molecule has 182 valence electrons. The lowest BCUT2D eigenvalue weighted by Gasteiger charge is -2.39. The summed E-state index contributed by atoms with van der Waals surface area (Å²) in [6.45, 7) is 4.14. The smallest absolute Gasteiger partial charge is 0.346 e. The molecule has 0 atom stereocenters. The topological polar surface area (TPSA) is 55.8 Å². The molecule has 0 saturated carbocycles. The number of aromatic hydroxyl groups is 1. The number of carbonyl (C=O) groups excluding carboxylic acids is 1. The van der Waals surface area contributed by atoms with Crippen LogP contribution in [0.5, 0.6) is 11.5 Å². The van der Waals surface area contributed by atoms with Crippen LogP contribution in [-0.4, -0.2) is 11.1 Å². The normalized spacial score (nSPS) is 14.0. The van der Waals surface area contributed by atoms with E-state index in [1.165, 1.54) is 0 Å². The van der Waals surface area contributed by atoms with Gasteiger partial charge in [0.1, 0.15) is 11.3 Å². The number of hydrogen-bond acceptors (Lipinski definition) is 4. The summed E-state index contributed by atoms with van der Waals surface area (Å²) in [4.78, 5) is 13.9. The van der Waals surface area contributed by atoms with E-state index < -0.39 is 11.8 Å². The Hall–Kier alpha value is -4.05. The zero-order valence-corrected chi connectivity index (χ0v) is 20.7. The van der Waals surface area contributed by atoms with E-state index in [0.29, 0.717) is 34.4 Å². The molecular weight excluding hydrogens is 448 g/mol. The molecule has 1 N–H and O–H groups in total. The summed E-state index contributed by atoms with van der Waals surface area (Å²) in [5, 5.41) is 11.3. The van der Waals surface area contributed by atoms with Crippen molar-refractivity contribution in [3.8, 4) is 22.6 Å². The summed E-state index contributed by atoms with van der Waals surface area (Å²) in [5.74, 6) is -1.49. The summed E-state index contributed by atoms with van der Waals surface area (Å²) in [6.07, 6.45) is 3.65. The number of cyclic esters (lactones) is 1. The van der Waals surface area contributed by atoms with Crippen LogP contribution in [0.1, 0.15) is 58.8 Å². The number of fused-ring (bicyclic) bond motifs is 1. The predicted octanol–water partition coefficient (Wildman–Crippen LogP) is 7.55. The van der Waals surface area contributed by atoms with E-state index in [9.17, 15) is 9.90 Å². The predicted molar refractivity (Wildman–Crippen MR) is 141 cm³/mol. The quantitative estimate of drug-likeness (QED) is 0.220. The Morgan fingerprint density at radius 2 is 1.44 bits per heavy atom. The van der Waals surface area contributed by atoms with Crippen molar-refractivity contribution in [1.29, 1.82) is 0 Å². The Morgan fingerprint density at radius 1 is 0.778 bits per heavy atom. The maximum absolute atomic E-state index is 13.9. The first-order chi connectivity index (χ1) is 17.5. The van der Waals surface area contributed by atoms with Crippen LogP contribution < -0.4 is 4.74 Å². The number of esters is 1. The van der Waals surface area contributed by atoms with Crippen molar-refractivity contribution >= 4 is 5.97 Å². The Balaban J connectivity index is 1.78. The van der Waals surface area contributed by atoms with Crippen LogP contribution in [0, 0.1) is 6.92 Å². The van der Waals surface area contributed by atoms with Gasteiger partial charge in [0, 0.05) is 11.1 Å². The largest absolute Gasteiger partial charge is 0.507 e. The highest BCUT2D eigenvalue weighted by Crippen LogP contribution is 2.50. The zero-order valence-electron chi connectivity index (χ0n) is 20.7. The molecular formula is C32H30O4. The SMILES string of the molecule is CCCCCc1cc(O)c(-c2cccc(C)c2)c2c1C(=O)OC(c1ccccc1)(c1ccccc1)O2. The number of ether oxygens (including phenoxy) is 2. The minimum Gasteiger partial charge on any atom is -0.507 e. The molecule has 1 aliphatic heterocycles. The lowest BCUT2D eigenvalue weighted by molar-refractivity contribution is -0.131. The minimum atomic E-state index is -1.49. The molecule has 0 aromatic heterocycles. The van der Waals surface area contributed by atoms with E-state index in [1.807, 2.05) is 91.9 Å². The van der Waals surface area contributed by atoms with Crippen molar-refractivity contribution in [2.75, 3.05) is 0 Å². The highest BCUT2D eigenvalue weighted by atomic mass is 16.7. The average molecular weight is 479 g/mol. The van der Waals surface area contributed by atoms with E-state index in [2.05, 4.69) is 6.92 Å². The third-order valence-corrected chi connectivity index (χ3v) is 6.69. The number of benzene rings is 4. The van der Waals surface area contributed by atoms with Crippen LogP contribution in [-0.2, 0) is 16.9 Å². The first-order valence-electron chi connectivity index (χ1n) is 12.5. The molecule has 1 heterocycles. The summed E-state index contributed by atoms with van der Waals surface area (Å²) in [5.41, 5.74) is 4.86. The second kappa shape index (κ2) is 9.90. The van der Waals surface area contributed by atoms with Crippen LogP contribution in [0.25, 0.3) is 11.1 Å². The first kappa shape index (κ1) is 23.7. The Labute approximate surface area is 212 Å². The Kier molecular flexibility index (Phi) is 6.51. The zero-order chi connectivity index (χ0) is 25.1. The number of phenols is 1. The second-order valence-electron chi connectivity index (χ2n) is 9.30. The van der Waals surface area contributed by atoms with Gasteiger partial charge in [0.2, 0.25) is 0 Å². The average Bonchev–Trinajstić information content (AvgIpc) is 2.89. The monoisotopic (exact) mass is 478 g/mol. The summed E-state index contributed by atoms with van der Waals surface area (Å²) in [7, 11) is 0. The molecule has 0 aliphatic carbocycles. The highest BCUT2D eigenvalue weighted by Gasteiger charge is 2.48. The van der Waals surface area contributed by atoms with Gasteiger partial charge < -0.3 is 14.6 Å². The number of carbonyl (C=O) groups is 1. The van der Waals surface area contributed by atoms with Crippen molar-refractivity contribution in [3.63, 3.8) is 0 Å². The van der Waals surface area contributed by atoms with Gasteiger partial charge in [0.05, 0.1) is 5.56 Å². The lowest BCUT2D eigenvalue weighted by atomic mass is 9.90. The van der Waals surface area contributed by atoms with E-state index >= 15 is 0 Å². The molecule has 0 fully saturated rings. The minimum absolute atomic E-state index is 0.0931. The molecule has 0 saturated heterocycles. The van der Waals surface area contributed by atoms with E-state index in [1.54, 1.807) is 6.07 Å². The van der Waals surface area contributed by atoms with E-state index in [0.717, 1.165) is 36.0 Å². The van der Waals surface area contributed by atoms with Gasteiger partial charge in [0.15, 0.2) is 5.75 Å².